The van der Waals surface area contributed by atoms with Gasteiger partial charge in [-0.2, -0.15) is 0 Å². The number of fused-ring (bicyclic) bond motifs is 1. The van der Waals surface area contributed by atoms with Crippen molar-refractivity contribution in [1.29, 1.82) is 0 Å². The van der Waals surface area contributed by atoms with Crippen molar-refractivity contribution in [3.8, 4) is 11.1 Å². The summed E-state index contributed by atoms with van der Waals surface area (Å²) in [6.45, 7) is 0. The van der Waals surface area contributed by atoms with Crippen molar-refractivity contribution in [2.75, 3.05) is 0 Å². The molecule has 0 aliphatic heterocycles. The molecule has 0 bridgehead atoms. The predicted octanol–water partition coefficient (Wildman–Crippen LogP) is 4.38. The summed E-state index contributed by atoms with van der Waals surface area (Å²) in [5, 5.41) is 0. The minimum atomic E-state index is 1.01. The zero-order chi connectivity index (χ0) is 11.5. The summed E-state index contributed by atoms with van der Waals surface area (Å²) in [4.78, 5) is 0. The fourth-order valence-electron chi connectivity index (χ4n) is 2.21. The summed E-state index contributed by atoms with van der Waals surface area (Å²) < 4.78 is 0. The molecule has 3 rings (SSSR count). The van der Waals surface area contributed by atoms with E-state index in [9.17, 15) is 0 Å². The molecule has 0 heterocycles. The van der Waals surface area contributed by atoms with Crippen LogP contribution in [0.4, 0.5) is 0 Å². The van der Waals surface area contributed by atoms with Gasteiger partial charge in [-0.25, -0.2) is 0 Å². The second-order valence-electron chi connectivity index (χ2n) is 4.35. The molecule has 0 saturated heterocycles. The molecule has 1 aromatic rings. The molecule has 0 atom stereocenters. The Morgan fingerprint density at radius 3 is 1.65 bits per heavy atom. The van der Waals surface area contributed by atoms with E-state index >= 15 is 0 Å². The molecular formula is C17H14. The van der Waals surface area contributed by atoms with Crippen LogP contribution < -0.4 is 0 Å². The molecule has 0 fully saturated rings. The Hall–Kier alpha value is -2.08. The fourth-order valence-corrected chi connectivity index (χ4v) is 2.21. The average Bonchev–Trinajstić information content (AvgIpc) is 2.60. The van der Waals surface area contributed by atoms with Crippen LogP contribution in [-0.4, -0.2) is 0 Å². The summed E-state index contributed by atoms with van der Waals surface area (Å²) in [7, 11) is 0. The largest absolute Gasteiger partial charge is 0.0622 e. The fraction of sp³-hybridized carbons (Fsp3) is 0.0588. The van der Waals surface area contributed by atoms with E-state index in [1.807, 2.05) is 0 Å². The van der Waals surface area contributed by atoms with Gasteiger partial charge in [0.25, 0.3) is 0 Å². The van der Waals surface area contributed by atoms with Gasteiger partial charge in [0.2, 0.25) is 0 Å². The van der Waals surface area contributed by atoms with Gasteiger partial charge < -0.3 is 0 Å². The van der Waals surface area contributed by atoms with Crippen LogP contribution in [0.5, 0.6) is 0 Å². The van der Waals surface area contributed by atoms with Crippen LogP contribution >= 0.6 is 0 Å². The molecule has 17 heavy (non-hydrogen) atoms. The van der Waals surface area contributed by atoms with Crippen LogP contribution in [0.25, 0.3) is 11.1 Å². The maximum Gasteiger partial charge on any atom is -0.00253 e. The molecule has 0 amide bonds. The molecule has 0 heteroatoms. The van der Waals surface area contributed by atoms with Gasteiger partial charge >= 0.3 is 0 Å². The Bertz CT molecular complexity index is 550. The van der Waals surface area contributed by atoms with Crippen LogP contribution in [0.3, 0.4) is 0 Å². The van der Waals surface area contributed by atoms with Gasteiger partial charge in [-0.1, -0.05) is 72.8 Å². The highest BCUT2D eigenvalue weighted by molar-refractivity contribution is 5.68. The lowest BCUT2D eigenvalue weighted by Gasteiger charge is -1.97. The van der Waals surface area contributed by atoms with E-state index in [4.69, 9.17) is 0 Å². The van der Waals surface area contributed by atoms with Gasteiger partial charge in [0.15, 0.2) is 0 Å². The van der Waals surface area contributed by atoms with E-state index < -0.39 is 0 Å². The molecule has 2 aliphatic rings. The van der Waals surface area contributed by atoms with Crippen LogP contribution in [-0.2, 0) is 6.42 Å². The van der Waals surface area contributed by atoms with E-state index in [2.05, 4.69) is 72.8 Å². The van der Waals surface area contributed by atoms with Crippen molar-refractivity contribution in [2.24, 2.45) is 0 Å². The van der Waals surface area contributed by atoms with Gasteiger partial charge in [-0.3, -0.25) is 0 Å². The monoisotopic (exact) mass is 218 g/mol. The van der Waals surface area contributed by atoms with Crippen LogP contribution in [0.2, 0.25) is 0 Å². The van der Waals surface area contributed by atoms with Crippen molar-refractivity contribution in [1.82, 2.24) is 0 Å². The van der Waals surface area contributed by atoms with Gasteiger partial charge in [-0.05, 0) is 28.7 Å². The molecule has 82 valence electrons. The highest BCUT2D eigenvalue weighted by atomic mass is 14.1. The predicted molar refractivity (Wildman–Crippen MR) is 72.3 cm³/mol. The second kappa shape index (κ2) is 4.42. The molecule has 0 spiro atoms. The molecule has 0 saturated carbocycles. The first-order valence-electron chi connectivity index (χ1n) is 5.93. The Balaban J connectivity index is 1.95. The van der Waals surface area contributed by atoms with E-state index in [1.54, 1.807) is 0 Å². The topological polar surface area (TPSA) is 0 Å². The van der Waals surface area contributed by atoms with Crippen LogP contribution in [0.1, 0.15) is 11.1 Å². The number of hydrogen-bond acceptors (Lipinski definition) is 0. The lowest BCUT2D eigenvalue weighted by Crippen LogP contribution is -1.83. The quantitative estimate of drug-likeness (QED) is 0.598. The first-order valence-corrected chi connectivity index (χ1v) is 5.93. The van der Waals surface area contributed by atoms with E-state index in [1.165, 1.54) is 22.3 Å². The Morgan fingerprint density at radius 1 is 0.529 bits per heavy atom. The molecule has 2 aliphatic carbocycles. The van der Waals surface area contributed by atoms with E-state index in [-0.39, 0.29) is 0 Å². The maximum atomic E-state index is 2.28. The molecule has 0 unspecified atom stereocenters. The highest BCUT2D eigenvalue weighted by Gasteiger charge is 2.04. The molecule has 1 aromatic carbocycles. The van der Waals surface area contributed by atoms with Gasteiger partial charge in [0, 0.05) is 0 Å². The Kier molecular flexibility index (Phi) is 2.63. The van der Waals surface area contributed by atoms with Crippen LogP contribution in [0, 0.1) is 0 Å². The van der Waals surface area contributed by atoms with Gasteiger partial charge in [0.05, 0.1) is 0 Å². The average molecular weight is 218 g/mol. The first-order chi connectivity index (χ1) is 8.42. The van der Waals surface area contributed by atoms with Crippen molar-refractivity contribution in [2.45, 2.75) is 6.42 Å². The van der Waals surface area contributed by atoms with Crippen LogP contribution in [0.15, 0.2) is 72.8 Å². The highest BCUT2D eigenvalue weighted by Crippen LogP contribution is 2.26. The lowest BCUT2D eigenvalue weighted by atomic mass is 10.1. The van der Waals surface area contributed by atoms with Crippen molar-refractivity contribution in [3.05, 3.63) is 83.9 Å². The minimum absolute atomic E-state index is 1.01. The molecule has 0 radical (unpaired) electrons. The van der Waals surface area contributed by atoms with E-state index in [0.29, 0.717) is 0 Å². The Labute approximate surface area is 102 Å². The minimum Gasteiger partial charge on any atom is -0.0622 e. The zero-order valence-corrected chi connectivity index (χ0v) is 9.64. The summed E-state index contributed by atoms with van der Waals surface area (Å²) in [6, 6.07) is 25.8. The van der Waals surface area contributed by atoms with Crippen molar-refractivity contribution < 1.29 is 0 Å². The van der Waals surface area contributed by atoms with Crippen molar-refractivity contribution >= 4 is 0 Å². The molecule has 0 nitrogen and oxygen atoms in total. The number of benzene rings is 1. The molecule has 0 N–H and O–H groups in total. The molecular weight excluding hydrogens is 204 g/mol. The standard InChI is InChI=1S/C17H14/c1-3-7-14(8-4-1)11-15-12-16-9-5-2-6-10-17(16)13-15/h1-10,12-13H,11H2. The smallest absolute Gasteiger partial charge is 0.00253 e. The van der Waals surface area contributed by atoms with Gasteiger partial charge in [0.1, 0.15) is 0 Å². The second-order valence-corrected chi connectivity index (χ2v) is 4.35. The number of hydrogen-bond donors (Lipinski definition) is 0. The summed E-state index contributed by atoms with van der Waals surface area (Å²) in [6.07, 6.45) is 1.01. The number of rotatable bonds is 2. The summed E-state index contributed by atoms with van der Waals surface area (Å²) >= 11 is 0. The van der Waals surface area contributed by atoms with Gasteiger partial charge in [-0.15, -0.1) is 0 Å². The lowest BCUT2D eigenvalue weighted by molar-refractivity contribution is 1.21. The Morgan fingerprint density at radius 2 is 1.06 bits per heavy atom. The normalized spacial score (nSPS) is 10.6. The molecule has 0 aromatic heterocycles. The maximum absolute atomic E-state index is 2.28. The summed E-state index contributed by atoms with van der Waals surface area (Å²) in [5.41, 5.74) is 5.39. The third-order valence-corrected chi connectivity index (χ3v) is 3.04. The first kappa shape index (κ1) is 10.1. The van der Waals surface area contributed by atoms with Crippen molar-refractivity contribution in [3.63, 3.8) is 0 Å². The SMILES string of the molecule is c1ccc(Cc2cc3cccccc-3c2)cc1. The zero-order valence-electron chi connectivity index (χ0n) is 9.64. The summed E-state index contributed by atoms with van der Waals surface area (Å²) in [5.74, 6) is 0. The van der Waals surface area contributed by atoms with E-state index in [0.717, 1.165) is 6.42 Å². The third kappa shape index (κ3) is 2.21. The third-order valence-electron chi connectivity index (χ3n) is 3.04.